The van der Waals surface area contributed by atoms with Crippen molar-refractivity contribution in [2.24, 2.45) is 0 Å². The maximum atomic E-state index is 12.9. The lowest BCUT2D eigenvalue weighted by atomic mass is 9.98. The van der Waals surface area contributed by atoms with Gasteiger partial charge < -0.3 is 9.84 Å². The van der Waals surface area contributed by atoms with Gasteiger partial charge in [-0.3, -0.25) is 0 Å². The summed E-state index contributed by atoms with van der Waals surface area (Å²) in [6, 6.07) is 6.50. The highest BCUT2D eigenvalue weighted by atomic mass is 35.5. The summed E-state index contributed by atoms with van der Waals surface area (Å²) in [5.41, 5.74) is -3.09. The summed E-state index contributed by atoms with van der Waals surface area (Å²) in [5, 5.41) is 9.96. The van der Waals surface area contributed by atoms with Gasteiger partial charge >= 0.3 is 12.1 Å². The number of aliphatic hydroxyl groups is 1. The third-order valence-corrected chi connectivity index (χ3v) is 3.04. The fraction of sp³-hybridized carbons (Fsp3) is 0.357. The Bertz CT molecular complexity index is 528. The van der Waals surface area contributed by atoms with E-state index in [2.05, 4.69) is 4.74 Å². The van der Waals surface area contributed by atoms with Crippen molar-refractivity contribution < 1.29 is 27.8 Å². The normalized spacial score (nSPS) is 15.0. The minimum Gasteiger partial charge on any atom is -0.464 e. The molecule has 0 aromatic heterocycles. The smallest absolute Gasteiger partial charge is 0.428 e. The number of carbonyl (C=O) groups excluding carboxylic acids is 1. The Morgan fingerprint density at radius 1 is 1.38 bits per heavy atom. The van der Waals surface area contributed by atoms with Gasteiger partial charge in [0.15, 0.2) is 0 Å². The van der Waals surface area contributed by atoms with E-state index in [0.717, 1.165) is 6.08 Å². The first-order valence-corrected chi connectivity index (χ1v) is 6.47. The number of rotatable bonds is 5. The first-order chi connectivity index (χ1) is 9.72. The lowest BCUT2D eigenvalue weighted by molar-refractivity contribution is -0.261. The van der Waals surface area contributed by atoms with Gasteiger partial charge in [-0.1, -0.05) is 42.0 Å². The zero-order valence-electron chi connectivity index (χ0n) is 11.2. The molecule has 116 valence electrons. The molecule has 0 fully saturated rings. The minimum absolute atomic E-state index is 0.258. The molecule has 1 aromatic rings. The van der Waals surface area contributed by atoms with Gasteiger partial charge in [0.05, 0.1) is 6.61 Å². The first kappa shape index (κ1) is 17.5. The number of halogens is 4. The second-order valence-corrected chi connectivity index (χ2v) is 4.61. The van der Waals surface area contributed by atoms with Gasteiger partial charge in [-0.2, -0.15) is 13.2 Å². The molecule has 0 amide bonds. The predicted molar refractivity (Wildman–Crippen MR) is 72.7 cm³/mol. The van der Waals surface area contributed by atoms with E-state index < -0.39 is 24.2 Å². The zero-order valence-corrected chi connectivity index (χ0v) is 11.9. The van der Waals surface area contributed by atoms with E-state index in [1.165, 1.54) is 13.0 Å². The van der Waals surface area contributed by atoms with Crippen LogP contribution < -0.4 is 0 Å². The summed E-state index contributed by atoms with van der Waals surface area (Å²) in [4.78, 5) is 11.4. The second kappa shape index (κ2) is 6.95. The molecule has 21 heavy (non-hydrogen) atoms. The number of ether oxygens (including phenoxy) is 1. The molecule has 0 unspecified atom stereocenters. The van der Waals surface area contributed by atoms with Crippen LogP contribution in [0.5, 0.6) is 0 Å². The molecule has 7 heteroatoms. The summed E-state index contributed by atoms with van der Waals surface area (Å²) >= 11 is 5.85. The summed E-state index contributed by atoms with van der Waals surface area (Å²) in [7, 11) is 0. The average molecular weight is 323 g/mol. The van der Waals surface area contributed by atoms with E-state index in [0.29, 0.717) is 10.6 Å². The lowest BCUT2D eigenvalue weighted by Gasteiger charge is -2.26. The van der Waals surface area contributed by atoms with Gasteiger partial charge in [-0.15, -0.1) is 0 Å². The van der Waals surface area contributed by atoms with E-state index >= 15 is 0 Å². The van der Waals surface area contributed by atoms with Crippen molar-refractivity contribution in [2.45, 2.75) is 25.1 Å². The van der Waals surface area contributed by atoms with Crippen molar-refractivity contribution >= 4 is 23.6 Å². The number of benzene rings is 1. The molecule has 0 aliphatic rings. The fourth-order valence-electron chi connectivity index (χ4n) is 1.53. The zero-order chi connectivity index (χ0) is 16.1. The Balaban J connectivity index is 2.94. The standard InChI is InChI=1S/C14H14ClF3O3/c1-2-21-12(19)13(20,14(16,17)18)9-5-7-10-6-3-4-8-11(10)15/h3-8,20H,2,9H2,1H3/b7-5+/t13-/m1/s1. The van der Waals surface area contributed by atoms with Gasteiger partial charge in [0.2, 0.25) is 0 Å². The Kier molecular flexibility index (Phi) is 5.80. The van der Waals surface area contributed by atoms with Crippen molar-refractivity contribution in [1.29, 1.82) is 0 Å². The highest BCUT2D eigenvalue weighted by Gasteiger charge is 2.59. The molecule has 0 saturated carbocycles. The Morgan fingerprint density at radius 3 is 2.52 bits per heavy atom. The maximum absolute atomic E-state index is 12.9. The lowest BCUT2D eigenvalue weighted by Crippen LogP contribution is -2.52. The molecule has 0 saturated heterocycles. The fourth-order valence-corrected chi connectivity index (χ4v) is 1.73. The number of hydrogen-bond donors (Lipinski definition) is 1. The summed E-state index contributed by atoms with van der Waals surface area (Å²) in [6.45, 7) is 1.10. The Morgan fingerprint density at radius 2 is 2.00 bits per heavy atom. The van der Waals surface area contributed by atoms with Crippen molar-refractivity contribution in [2.75, 3.05) is 6.61 Å². The van der Waals surface area contributed by atoms with Crippen LogP contribution in [-0.2, 0) is 9.53 Å². The van der Waals surface area contributed by atoms with Crippen LogP contribution in [0.2, 0.25) is 5.02 Å². The number of hydrogen-bond acceptors (Lipinski definition) is 3. The maximum Gasteiger partial charge on any atom is 0.428 e. The van der Waals surface area contributed by atoms with Crippen LogP contribution >= 0.6 is 11.6 Å². The average Bonchev–Trinajstić information content (AvgIpc) is 2.39. The van der Waals surface area contributed by atoms with E-state index in [1.807, 2.05) is 0 Å². The van der Waals surface area contributed by atoms with E-state index in [1.54, 1.807) is 24.3 Å². The number of esters is 1. The molecule has 1 aromatic carbocycles. The molecule has 0 radical (unpaired) electrons. The van der Waals surface area contributed by atoms with E-state index in [4.69, 9.17) is 11.6 Å². The SMILES string of the molecule is CCOC(=O)[C@](O)(C/C=C/c1ccccc1Cl)C(F)(F)F. The monoisotopic (exact) mass is 322 g/mol. The largest absolute Gasteiger partial charge is 0.464 e. The van der Waals surface area contributed by atoms with Crippen LogP contribution in [0.4, 0.5) is 13.2 Å². The highest BCUT2D eigenvalue weighted by molar-refractivity contribution is 6.32. The van der Waals surface area contributed by atoms with Gasteiger partial charge in [-0.25, -0.2) is 4.79 Å². The third-order valence-electron chi connectivity index (χ3n) is 2.70. The number of alkyl halides is 3. The minimum atomic E-state index is -5.13. The van der Waals surface area contributed by atoms with E-state index in [9.17, 15) is 23.1 Å². The van der Waals surface area contributed by atoms with E-state index in [-0.39, 0.29) is 6.61 Å². The molecule has 0 aliphatic heterocycles. The molecule has 0 bridgehead atoms. The predicted octanol–water partition coefficient (Wildman–Crippen LogP) is 3.60. The van der Waals surface area contributed by atoms with Crippen molar-refractivity contribution in [3.63, 3.8) is 0 Å². The Hall–Kier alpha value is -1.53. The molecule has 0 aliphatic carbocycles. The second-order valence-electron chi connectivity index (χ2n) is 4.21. The molecule has 0 spiro atoms. The van der Waals surface area contributed by atoms with Gasteiger partial charge in [0.25, 0.3) is 5.60 Å². The topological polar surface area (TPSA) is 46.5 Å². The van der Waals surface area contributed by atoms with Crippen LogP contribution in [0.3, 0.4) is 0 Å². The summed E-state index contributed by atoms with van der Waals surface area (Å²) in [6.07, 6.45) is -3.76. The van der Waals surface area contributed by atoms with Crippen molar-refractivity contribution in [3.05, 3.63) is 40.9 Å². The van der Waals surface area contributed by atoms with Crippen molar-refractivity contribution in [3.8, 4) is 0 Å². The van der Waals surface area contributed by atoms with Crippen LogP contribution in [0.25, 0.3) is 6.08 Å². The third kappa shape index (κ3) is 4.22. The van der Waals surface area contributed by atoms with Gasteiger partial charge in [0, 0.05) is 11.4 Å². The Labute approximate surface area is 125 Å². The molecule has 1 atom stereocenters. The van der Waals surface area contributed by atoms with Gasteiger partial charge in [0.1, 0.15) is 0 Å². The van der Waals surface area contributed by atoms with Crippen LogP contribution in [-0.4, -0.2) is 29.5 Å². The summed E-state index contributed by atoms with van der Waals surface area (Å²) < 4.78 is 42.9. The molecule has 0 heterocycles. The van der Waals surface area contributed by atoms with Crippen LogP contribution in [0, 0.1) is 0 Å². The molecular weight excluding hydrogens is 309 g/mol. The molecular formula is C14H14ClF3O3. The highest BCUT2D eigenvalue weighted by Crippen LogP contribution is 2.35. The van der Waals surface area contributed by atoms with Crippen LogP contribution in [0.1, 0.15) is 18.9 Å². The molecule has 1 rings (SSSR count). The molecule has 3 nitrogen and oxygen atoms in total. The summed E-state index contributed by atoms with van der Waals surface area (Å²) in [5.74, 6) is -1.72. The number of carbonyl (C=O) groups is 1. The van der Waals surface area contributed by atoms with Crippen LogP contribution in [0.15, 0.2) is 30.3 Å². The first-order valence-electron chi connectivity index (χ1n) is 6.09. The quantitative estimate of drug-likeness (QED) is 0.843. The van der Waals surface area contributed by atoms with Gasteiger partial charge in [-0.05, 0) is 18.6 Å². The van der Waals surface area contributed by atoms with Crippen molar-refractivity contribution in [1.82, 2.24) is 0 Å². The molecule has 1 N–H and O–H groups in total.